The second kappa shape index (κ2) is 9.27. The van der Waals surface area contributed by atoms with E-state index >= 15 is 0 Å². The number of nitrogens with one attached hydrogen (secondary N) is 1. The first-order valence-corrected chi connectivity index (χ1v) is 8.45. The number of hydrogen-bond acceptors (Lipinski definition) is 5. The molecular weight excluding hydrogens is 308 g/mol. The van der Waals surface area contributed by atoms with Crippen molar-refractivity contribution >= 4 is 17.6 Å². The molecular formula is C18H26N2O4. The van der Waals surface area contributed by atoms with Crippen LogP contribution in [0.3, 0.4) is 0 Å². The van der Waals surface area contributed by atoms with Gasteiger partial charge in [0.1, 0.15) is 5.75 Å². The van der Waals surface area contributed by atoms with Crippen molar-refractivity contribution in [2.45, 2.75) is 26.2 Å². The van der Waals surface area contributed by atoms with Crippen LogP contribution in [0.2, 0.25) is 0 Å². The molecule has 24 heavy (non-hydrogen) atoms. The summed E-state index contributed by atoms with van der Waals surface area (Å²) in [5.41, 5.74) is 0.736. The van der Waals surface area contributed by atoms with Crippen molar-refractivity contribution in [3.8, 4) is 5.75 Å². The van der Waals surface area contributed by atoms with Crippen molar-refractivity contribution in [3.05, 3.63) is 24.3 Å². The average Bonchev–Trinajstić information content (AvgIpc) is 2.61. The molecule has 0 saturated carbocycles. The van der Waals surface area contributed by atoms with Gasteiger partial charge in [-0.1, -0.05) is 6.07 Å². The Balaban J connectivity index is 1.70. The number of carbonyl (C=O) groups excluding carboxylic acids is 2. The van der Waals surface area contributed by atoms with E-state index in [1.165, 1.54) is 0 Å². The number of piperidine rings is 1. The maximum Gasteiger partial charge on any atom is 0.309 e. The molecule has 0 aliphatic carbocycles. The lowest BCUT2D eigenvalue weighted by Gasteiger charge is -2.30. The van der Waals surface area contributed by atoms with Gasteiger partial charge in [0, 0.05) is 24.7 Å². The zero-order valence-corrected chi connectivity index (χ0v) is 14.4. The van der Waals surface area contributed by atoms with Gasteiger partial charge in [-0.2, -0.15) is 0 Å². The fourth-order valence-electron chi connectivity index (χ4n) is 2.84. The van der Waals surface area contributed by atoms with Crippen molar-refractivity contribution < 1.29 is 19.1 Å². The van der Waals surface area contributed by atoms with Gasteiger partial charge >= 0.3 is 5.97 Å². The summed E-state index contributed by atoms with van der Waals surface area (Å²) in [6.07, 6.45) is 2.04. The summed E-state index contributed by atoms with van der Waals surface area (Å²) in [4.78, 5) is 26.0. The third kappa shape index (κ3) is 5.53. The summed E-state index contributed by atoms with van der Waals surface area (Å²) >= 11 is 0. The van der Waals surface area contributed by atoms with E-state index in [1.807, 2.05) is 25.1 Å². The summed E-state index contributed by atoms with van der Waals surface area (Å²) in [7, 11) is 1.60. The normalized spacial score (nSPS) is 15.8. The number of ether oxygens (including phenoxy) is 2. The molecule has 0 unspecified atom stereocenters. The van der Waals surface area contributed by atoms with Crippen molar-refractivity contribution in [3.63, 3.8) is 0 Å². The van der Waals surface area contributed by atoms with Crippen LogP contribution in [-0.2, 0) is 14.3 Å². The van der Waals surface area contributed by atoms with Gasteiger partial charge in [0.25, 0.3) is 0 Å². The molecule has 132 valence electrons. The van der Waals surface area contributed by atoms with Gasteiger partial charge in [-0.25, -0.2) is 0 Å². The van der Waals surface area contributed by atoms with Crippen molar-refractivity contribution in [2.75, 3.05) is 38.7 Å². The van der Waals surface area contributed by atoms with E-state index in [-0.39, 0.29) is 17.8 Å². The van der Waals surface area contributed by atoms with Crippen LogP contribution in [0.4, 0.5) is 5.69 Å². The van der Waals surface area contributed by atoms with Gasteiger partial charge in [-0.05, 0) is 45.0 Å². The molecule has 0 atom stereocenters. The van der Waals surface area contributed by atoms with Gasteiger partial charge < -0.3 is 19.7 Å². The number of amides is 1. The second-order valence-corrected chi connectivity index (χ2v) is 5.90. The fraction of sp³-hybridized carbons (Fsp3) is 0.556. The van der Waals surface area contributed by atoms with Crippen LogP contribution >= 0.6 is 0 Å². The van der Waals surface area contributed by atoms with Gasteiger partial charge in [0.05, 0.1) is 19.6 Å². The maximum absolute atomic E-state index is 12.1. The Bertz CT molecular complexity index is 554. The SMILES string of the molecule is CCOC(=O)C1CCN(CCC(=O)Nc2cccc(OC)c2)CC1. The zero-order valence-electron chi connectivity index (χ0n) is 14.4. The highest BCUT2D eigenvalue weighted by atomic mass is 16.5. The summed E-state index contributed by atoms with van der Waals surface area (Å²) in [5, 5.41) is 2.88. The smallest absolute Gasteiger partial charge is 0.309 e. The maximum atomic E-state index is 12.1. The van der Waals surface area contributed by atoms with Crippen LogP contribution in [0.1, 0.15) is 26.2 Å². The fourth-order valence-corrected chi connectivity index (χ4v) is 2.84. The zero-order chi connectivity index (χ0) is 17.4. The third-order valence-corrected chi connectivity index (χ3v) is 4.22. The number of rotatable bonds is 7. The molecule has 0 aromatic heterocycles. The van der Waals surface area contributed by atoms with Gasteiger partial charge in [0.15, 0.2) is 0 Å². The molecule has 0 radical (unpaired) electrons. The van der Waals surface area contributed by atoms with E-state index in [0.29, 0.717) is 25.3 Å². The number of benzene rings is 1. The standard InChI is InChI=1S/C18H26N2O4/c1-3-24-18(22)14-7-10-20(11-8-14)12-9-17(21)19-15-5-4-6-16(13-15)23-2/h4-6,13-14H,3,7-12H2,1-2H3,(H,19,21). The van der Waals surface area contributed by atoms with Crippen molar-refractivity contribution in [1.82, 2.24) is 4.90 Å². The highest BCUT2D eigenvalue weighted by Crippen LogP contribution is 2.19. The predicted molar refractivity (Wildman–Crippen MR) is 92.0 cm³/mol. The molecule has 1 N–H and O–H groups in total. The molecule has 1 aromatic rings. The Kier molecular flexibility index (Phi) is 7.06. The molecule has 2 rings (SSSR count). The van der Waals surface area contributed by atoms with Gasteiger partial charge in [-0.3, -0.25) is 9.59 Å². The van der Waals surface area contributed by atoms with Crippen LogP contribution < -0.4 is 10.1 Å². The average molecular weight is 334 g/mol. The first-order valence-electron chi connectivity index (χ1n) is 8.45. The Labute approximate surface area is 143 Å². The third-order valence-electron chi connectivity index (χ3n) is 4.22. The number of hydrogen-bond donors (Lipinski definition) is 1. The molecule has 1 amide bonds. The molecule has 6 heteroatoms. The molecule has 0 spiro atoms. The molecule has 1 heterocycles. The number of carbonyl (C=O) groups is 2. The number of esters is 1. The molecule has 6 nitrogen and oxygen atoms in total. The summed E-state index contributed by atoms with van der Waals surface area (Å²) < 4.78 is 10.2. The lowest BCUT2D eigenvalue weighted by atomic mass is 9.97. The van der Waals surface area contributed by atoms with Crippen LogP contribution in [0.15, 0.2) is 24.3 Å². The number of nitrogens with zero attached hydrogens (tertiary/aromatic N) is 1. The summed E-state index contributed by atoms with van der Waals surface area (Å²) in [6.45, 7) is 4.62. The van der Waals surface area contributed by atoms with Crippen molar-refractivity contribution in [2.24, 2.45) is 5.92 Å². The van der Waals surface area contributed by atoms with Crippen LogP contribution in [0.5, 0.6) is 5.75 Å². The Morgan fingerprint density at radius 3 is 2.71 bits per heavy atom. The summed E-state index contributed by atoms with van der Waals surface area (Å²) in [5.74, 6) is 0.615. The van der Waals surface area contributed by atoms with E-state index < -0.39 is 0 Å². The molecule has 1 saturated heterocycles. The molecule has 1 fully saturated rings. The highest BCUT2D eigenvalue weighted by molar-refractivity contribution is 5.91. The minimum Gasteiger partial charge on any atom is -0.497 e. The van der Waals surface area contributed by atoms with Gasteiger partial charge in [0.2, 0.25) is 5.91 Å². The molecule has 1 aliphatic heterocycles. The minimum atomic E-state index is -0.0899. The Morgan fingerprint density at radius 2 is 2.04 bits per heavy atom. The van der Waals surface area contributed by atoms with Crippen molar-refractivity contribution in [1.29, 1.82) is 0 Å². The number of methoxy groups -OCH3 is 1. The second-order valence-electron chi connectivity index (χ2n) is 5.90. The first-order chi connectivity index (χ1) is 11.6. The monoisotopic (exact) mass is 334 g/mol. The van der Waals surface area contributed by atoms with E-state index in [0.717, 1.165) is 31.6 Å². The number of likely N-dealkylation sites (tertiary alicyclic amines) is 1. The van der Waals surface area contributed by atoms with E-state index in [2.05, 4.69) is 10.2 Å². The lowest BCUT2D eigenvalue weighted by Crippen LogP contribution is -2.38. The molecule has 1 aliphatic rings. The predicted octanol–water partition coefficient (Wildman–Crippen LogP) is 2.30. The largest absolute Gasteiger partial charge is 0.497 e. The summed E-state index contributed by atoms with van der Waals surface area (Å²) in [6, 6.07) is 7.31. The molecule has 0 bridgehead atoms. The van der Waals surface area contributed by atoms with Crippen LogP contribution in [0, 0.1) is 5.92 Å². The van der Waals surface area contributed by atoms with Crippen LogP contribution in [-0.4, -0.2) is 50.1 Å². The van der Waals surface area contributed by atoms with E-state index in [4.69, 9.17) is 9.47 Å². The van der Waals surface area contributed by atoms with Gasteiger partial charge in [-0.15, -0.1) is 0 Å². The lowest BCUT2D eigenvalue weighted by molar-refractivity contribution is -0.149. The van der Waals surface area contributed by atoms with E-state index in [9.17, 15) is 9.59 Å². The van der Waals surface area contributed by atoms with E-state index in [1.54, 1.807) is 13.2 Å². The topological polar surface area (TPSA) is 67.9 Å². The molecule has 1 aromatic carbocycles. The Hall–Kier alpha value is -2.08. The van der Waals surface area contributed by atoms with Crippen LogP contribution in [0.25, 0.3) is 0 Å². The highest BCUT2D eigenvalue weighted by Gasteiger charge is 2.25. The Morgan fingerprint density at radius 1 is 1.29 bits per heavy atom. The minimum absolute atomic E-state index is 0.00631. The first kappa shape index (κ1) is 18.3. The number of anilines is 1. The quantitative estimate of drug-likeness (QED) is 0.775.